The molecule has 1 aromatic rings. The predicted octanol–water partition coefficient (Wildman–Crippen LogP) is 2.31. The highest BCUT2D eigenvalue weighted by molar-refractivity contribution is 5.49. The van der Waals surface area contributed by atoms with E-state index in [1.807, 2.05) is 13.0 Å². The molecule has 1 saturated carbocycles. The Morgan fingerprint density at radius 2 is 2.18 bits per heavy atom. The van der Waals surface area contributed by atoms with Crippen LogP contribution in [0.2, 0.25) is 0 Å². The summed E-state index contributed by atoms with van der Waals surface area (Å²) in [7, 11) is 2.11. The van der Waals surface area contributed by atoms with Crippen molar-refractivity contribution in [2.24, 2.45) is 11.8 Å². The van der Waals surface area contributed by atoms with Gasteiger partial charge in [0.1, 0.15) is 17.5 Å². The lowest BCUT2D eigenvalue weighted by atomic mass is 10.3. The van der Waals surface area contributed by atoms with Gasteiger partial charge in [-0.3, -0.25) is 0 Å². The highest BCUT2D eigenvalue weighted by atomic mass is 15.2. The molecule has 0 bridgehead atoms. The van der Waals surface area contributed by atoms with Gasteiger partial charge in [0.15, 0.2) is 0 Å². The Balaban J connectivity index is 2.07. The molecule has 0 aromatic carbocycles. The number of nitrogens with one attached hydrogen (secondary N) is 1. The summed E-state index contributed by atoms with van der Waals surface area (Å²) in [6.45, 7) is 8.32. The van der Waals surface area contributed by atoms with Gasteiger partial charge in [-0.05, 0) is 32.1 Å². The molecular formula is C13H22N4. The van der Waals surface area contributed by atoms with Crippen molar-refractivity contribution in [2.75, 3.05) is 30.4 Å². The summed E-state index contributed by atoms with van der Waals surface area (Å²) in [5.74, 6) is 4.50. The molecule has 94 valence electrons. The first-order valence-corrected chi connectivity index (χ1v) is 6.40. The summed E-state index contributed by atoms with van der Waals surface area (Å²) in [5, 5.41) is 3.24. The lowest BCUT2D eigenvalue weighted by Crippen LogP contribution is -2.22. The van der Waals surface area contributed by atoms with E-state index >= 15 is 0 Å². The van der Waals surface area contributed by atoms with Crippen LogP contribution in [0.15, 0.2) is 6.07 Å². The van der Waals surface area contributed by atoms with Gasteiger partial charge in [0.25, 0.3) is 0 Å². The zero-order valence-corrected chi connectivity index (χ0v) is 11.2. The van der Waals surface area contributed by atoms with E-state index in [4.69, 9.17) is 0 Å². The van der Waals surface area contributed by atoms with Crippen LogP contribution in [-0.2, 0) is 0 Å². The summed E-state index contributed by atoms with van der Waals surface area (Å²) >= 11 is 0. The second kappa shape index (κ2) is 4.90. The van der Waals surface area contributed by atoms with Gasteiger partial charge >= 0.3 is 0 Å². The Morgan fingerprint density at radius 3 is 2.76 bits per heavy atom. The Morgan fingerprint density at radius 1 is 1.47 bits per heavy atom. The fourth-order valence-electron chi connectivity index (χ4n) is 2.12. The molecule has 17 heavy (non-hydrogen) atoms. The van der Waals surface area contributed by atoms with E-state index in [2.05, 4.69) is 41.1 Å². The van der Waals surface area contributed by atoms with Crippen LogP contribution < -0.4 is 10.2 Å². The quantitative estimate of drug-likeness (QED) is 0.849. The highest BCUT2D eigenvalue weighted by Gasteiger charge is 2.33. The van der Waals surface area contributed by atoms with Crippen molar-refractivity contribution in [3.8, 4) is 0 Å². The second-order valence-corrected chi connectivity index (χ2v) is 5.04. The van der Waals surface area contributed by atoms with E-state index in [1.54, 1.807) is 0 Å². The van der Waals surface area contributed by atoms with Gasteiger partial charge in [-0.25, -0.2) is 9.97 Å². The maximum absolute atomic E-state index is 4.50. The lowest BCUT2D eigenvalue weighted by Gasteiger charge is -2.19. The topological polar surface area (TPSA) is 41.0 Å². The Hall–Kier alpha value is -1.32. The number of aromatic nitrogens is 2. The largest absolute Gasteiger partial charge is 0.370 e. The Bertz CT molecular complexity index is 391. The van der Waals surface area contributed by atoms with Crippen LogP contribution in [0.4, 0.5) is 11.6 Å². The third kappa shape index (κ3) is 3.08. The van der Waals surface area contributed by atoms with Crippen molar-refractivity contribution in [1.29, 1.82) is 0 Å². The molecular weight excluding hydrogens is 212 g/mol. The lowest BCUT2D eigenvalue weighted by molar-refractivity contribution is 0.717. The molecule has 1 heterocycles. The summed E-state index contributed by atoms with van der Waals surface area (Å²) in [5.41, 5.74) is 0. The highest BCUT2D eigenvalue weighted by Crippen LogP contribution is 2.38. The van der Waals surface area contributed by atoms with E-state index in [9.17, 15) is 0 Å². The molecule has 1 fully saturated rings. The third-order valence-corrected chi connectivity index (χ3v) is 3.36. The van der Waals surface area contributed by atoms with Crippen LogP contribution in [0.1, 0.15) is 26.1 Å². The number of nitrogens with zero attached hydrogens (tertiary/aromatic N) is 3. The summed E-state index contributed by atoms with van der Waals surface area (Å²) in [6, 6.07) is 2.03. The normalized spacial score (nSPS) is 22.4. The minimum atomic E-state index is 0.828. The second-order valence-electron chi connectivity index (χ2n) is 5.04. The number of rotatable bonds is 5. The zero-order valence-electron chi connectivity index (χ0n) is 11.2. The molecule has 4 nitrogen and oxygen atoms in total. The van der Waals surface area contributed by atoms with Crippen molar-refractivity contribution in [1.82, 2.24) is 9.97 Å². The molecule has 0 saturated heterocycles. The van der Waals surface area contributed by atoms with E-state index in [-0.39, 0.29) is 0 Å². The number of hydrogen-bond acceptors (Lipinski definition) is 4. The summed E-state index contributed by atoms with van der Waals surface area (Å²) < 4.78 is 0. The zero-order chi connectivity index (χ0) is 12.4. The van der Waals surface area contributed by atoms with Crippen LogP contribution in [-0.4, -0.2) is 30.1 Å². The van der Waals surface area contributed by atoms with Crippen LogP contribution in [0.5, 0.6) is 0 Å². The van der Waals surface area contributed by atoms with Gasteiger partial charge in [-0.1, -0.05) is 6.92 Å². The number of hydrogen-bond donors (Lipinski definition) is 1. The number of anilines is 2. The molecule has 2 rings (SSSR count). The minimum absolute atomic E-state index is 0.828. The Labute approximate surface area is 103 Å². The molecule has 0 amide bonds. The van der Waals surface area contributed by atoms with E-state index in [0.717, 1.165) is 42.4 Å². The van der Waals surface area contributed by atoms with Crippen molar-refractivity contribution >= 4 is 11.6 Å². The first kappa shape index (κ1) is 12.1. The molecule has 2 unspecified atom stereocenters. The maximum atomic E-state index is 4.50. The van der Waals surface area contributed by atoms with Gasteiger partial charge in [-0.2, -0.15) is 0 Å². The molecule has 4 heteroatoms. The molecule has 0 radical (unpaired) electrons. The van der Waals surface area contributed by atoms with Crippen LogP contribution in [0.3, 0.4) is 0 Å². The van der Waals surface area contributed by atoms with E-state index in [1.165, 1.54) is 6.42 Å². The molecule has 0 aliphatic heterocycles. The summed E-state index contributed by atoms with van der Waals surface area (Å²) in [4.78, 5) is 11.1. The molecule has 1 aromatic heterocycles. The van der Waals surface area contributed by atoms with Gasteiger partial charge in [0, 0.05) is 26.2 Å². The molecule has 1 N–H and O–H groups in total. The van der Waals surface area contributed by atoms with Crippen molar-refractivity contribution < 1.29 is 0 Å². The van der Waals surface area contributed by atoms with Crippen molar-refractivity contribution in [2.45, 2.75) is 27.2 Å². The van der Waals surface area contributed by atoms with Crippen LogP contribution in [0, 0.1) is 18.8 Å². The predicted molar refractivity (Wildman–Crippen MR) is 71.5 cm³/mol. The van der Waals surface area contributed by atoms with Gasteiger partial charge in [0.05, 0.1) is 0 Å². The average Bonchev–Trinajstić information content (AvgIpc) is 2.93. The minimum Gasteiger partial charge on any atom is -0.370 e. The molecule has 2 atom stereocenters. The first-order chi connectivity index (χ1) is 8.10. The average molecular weight is 234 g/mol. The van der Waals surface area contributed by atoms with Gasteiger partial charge < -0.3 is 10.2 Å². The van der Waals surface area contributed by atoms with Crippen LogP contribution >= 0.6 is 0 Å². The number of aryl methyl sites for hydroxylation is 1. The maximum Gasteiger partial charge on any atom is 0.134 e. The Kier molecular flexibility index (Phi) is 3.50. The fraction of sp³-hybridized carbons (Fsp3) is 0.692. The monoisotopic (exact) mass is 234 g/mol. The van der Waals surface area contributed by atoms with E-state index < -0.39 is 0 Å². The third-order valence-electron chi connectivity index (χ3n) is 3.36. The van der Waals surface area contributed by atoms with E-state index in [0.29, 0.717) is 0 Å². The first-order valence-electron chi connectivity index (χ1n) is 6.40. The fourth-order valence-corrected chi connectivity index (χ4v) is 2.12. The van der Waals surface area contributed by atoms with Crippen molar-refractivity contribution in [3.63, 3.8) is 0 Å². The molecule has 1 aliphatic carbocycles. The standard InChI is InChI=1S/C13H22N4/c1-5-14-12-7-13(16-10(3)15-12)17(4)8-11-6-9(11)2/h7,9,11H,5-6,8H2,1-4H3,(H,14,15,16). The van der Waals surface area contributed by atoms with Gasteiger partial charge in [-0.15, -0.1) is 0 Å². The van der Waals surface area contributed by atoms with Crippen LogP contribution in [0.25, 0.3) is 0 Å². The SMILES string of the molecule is CCNc1cc(N(C)CC2CC2C)nc(C)n1. The summed E-state index contributed by atoms with van der Waals surface area (Å²) in [6.07, 6.45) is 1.36. The van der Waals surface area contributed by atoms with Gasteiger partial charge in [0.2, 0.25) is 0 Å². The molecule has 0 spiro atoms. The smallest absolute Gasteiger partial charge is 0.134 e. The van der Waals surface area contributed by atoms with Crippen molar-refractivity contribution in [3.05, 3.63) is 11.9 Å². The molecule has 1 aliphatic rings.